The standard InChI is InChI=1S/C13H15Br2ClN4/c1-3-6-17-11(12-13(15)18-19-20(12)2)8-4-5-10(16)9(14)7-8/h4-5,7,11,17H,3,6H2,1-2H3. The summed E-state index contributed by atoms with van der Waals surface area (Å²) in [5.41, 5.74) is 2.11. The van der Waals surface area contributed by atoms with Crippen LogP contribution in [0.4, 0.5) is 0 Å². The van der Waals surface area contributed by atoms with Crippen LogP contribution < -0.4 is 5.32 Å². The first-order valence-corrected chi connectivity index (χ1v) is 8.24. The monoisotopic (exact) mass is 420 g/mol. The Morgan fingerprint density at radius 2 is 2.15 bits per heavy atom. The van der Waals surface area contributed by atoms with E-state index in [0.29, 0.717) is 5.02 Å². The van der Waals surface area contributed by atoms with Gasteiger partial charge in [-0.3, -0.25) is 0 Å². The Hall–Kier alpha value is -0.430. The van der Waals surface area contributed by atoms with Crippen LogP contribution in [0.15, 0.2) is 27.3 Å². The lowest BCUT2D eigenvalue weighted by atomic mass is 10.0. The van der Waals surface area contributed by atoms with Crippen LogP contribution in [0, 0.1) is 0 Å². The average Bonchev–Trinajstić information content (AvgIpc) is 2.75. The number of aromatic nitrogens is 3. The number of benzene rings is 1. The van der Waals surface area contributed by atoms with Crippen molar-refractivity contribution in [2.45, 2.75) is 19.4 Å². The van der Waals surface area contributed by atoms with Gasteiger partial charge in [-0.1, -0.05) is 29.8 Å². The summed E-state index contributed by atoms with van der Waals surface area (Å²) in [7, 11) is 1.89. The van der Waals surface area contributed by atoms with E-state index >= 15 is 0 Å². The maximum atomic E-state index is 6.07. The number of rotatable bonds is 5. The molecule has 2 rings (SSSR count). The molecule has 0 bridgehead atoms. The minimum atomic E-state index is 0.0119. The lowest BCUT2D eigenvalue weighted by Crippen LogP contribution is -2.25. The topological polar surface area (TPSA) is 42.7 Å². The number of hydrogen-bond donors (Lipinski definition) is 1. The molecule has 4 nitrogen and oxygen atoms in total. The first kappa shape index (κ1) is 15.9. The molecule has 1 atom stereocenters. The molecule has 1 aromatic heterocycles. The number of aryl methyl sites for hydroxylation is 1. The normalized spacial score (nSPS) is 12.7. The molecule has 1 aromatic carbocycles. The molecule has 0 radical (unpaired) electrons. The van der Waals surface area contributed by atoms with Crippen molar-refractivity contribution in [3.8, 4) is 0 Å². The third-order valence-corrected chi connectivity index (χ3v) is 4.75. The van der Waals surface area contributed by atoms with Gasteiger partial charge >= 0.3 is 0 Å². The molecule has 0 amide bonds. The fourth-order valence-electron chi connectivity index (χ4n) is 2.00. The van der Waals surface area contributed by atoms with Gasteiger partial charge in [-0.2, -0.15) is 0 Å². The van der Waals surface area contributed by atoms with Crippen LogP contribution in [0.25, 0.3) is 0 Å². The van der Waals surface area contributed by atoms with Gasteiger partial charge in [-0.25, -0.2) is 4.68 Å². The van der Waals surface area contributed by atoms with E-state index in [4.69, 9.17) is 11.6 Å². The molecule has 1 heterocycles. The molecule has 0 aliphatic carbocycles. The van der Waals surface area contributed by atoms with E-state index in [1.165, 1.54) is 0 Å². The Labute approximate surface area is 140 Å². The Bertz CT molecular complexity index is 581. The van der Waals surface area contributed by atoms with Gasteiger partial charge in [0.15, 0.2) is 4.60 Å². The highest BCUT2D eigenvalue weighted by Gasteiger charge is 2.22. The van der Waals surface area contributed by atoms with Gasteiger partial charge in [0.05, 0.1) is 16.8 Å². The number of hydrogen-bond acceptors (Lipinski definition) is 3. The summed E-state index contributed by atoms with van der Waals surface area (Å²) < 4.78 is 3.41. The van der Waals surface area contributed by atoms with Crippen molar-refractivity contribution < 1.29 is 0 Å². The highest BCUT2D eigenvalue weighted by atomic mass is 79.9. The van der Waals surface area contributed by atoms with Crippen LogP contribution in [0.3, 0.4) is 0 Å². The summed E-state index contributed by atoms with van der Waals surface area (Å²) in [4.78, 5) is 0. The van der Waals surface area contributed by atoms with E-state index < -0.39 is 0 Å². The molecule has 0 aliphatic heterocycles. The van der Waals surface area contributed by atoms with Crippen LogP contribution >= 0.6 is 43.5 Å². The minimum absolute atomic E-state index is 0.0119. The number of nitrogens with one attached hydrogen (secondary N) is 1. The van der Waals surface area contributed by atoms with E-state index in [1.54, 1.807) is 4.68 Å². The van der Waals surface area contributed by atoms with Crippen molar-refractivity contribution in [3.05, 3.63) is 43.6 Å². The zero-order valence-electron chi connectivity index (χ0n) is 11.2. The average molecular weight is 423 g/mol. The van der Waals surface area contributed by atoms with Crippen LogP contribution in [-0.4, -0.2) is 21.5 Å². The van der Waals surface area contributed by atoms with Gasteiger partial charge in [0.25, 0.3) is 0 Å². The quantitative estimate of drug-likeness (QED) is 0.790. The molecule has 1 unspecified atom stereocenters. The first-order chi connectivity index (χ1) is 9.54. The molecule has 0 saturated heterocycles. The van der Waals surface area contributed by atoms with Crippen molar-refractivity contribution in [2.75, 3.05) is 6.54 Å². The molecule has 0 fully saturated rings. The molecule has 0 saturated carbocycles. The van der Waals surface area contributed by atoms with E-state index in [9.17, 15) is 0 Å². The third-order valence-electron chi connectivity index (χ3n) is 2.98. The molecule has 108 valence electrons. The van der Waals surface area contributed by atoms with Crippen molar-refractivity contribution in [1.29, 1.82) is 0 Å². The Kier molecular flexibility index (Phi) is 5.60. The molecule has 20 heavy (non-hydrogen) atoms. The van der Waals surface area contributed by atoms with E-state index in [0.717, 1.165) is 33.3 Å². The summed E-state index contributed by atoms with van der Waals surface area (Å²) in [6, 6.07) is 5.94. The highest BCUT2D eigenvalue weighted by molar-refractivity contribution is 9.10. The summed E-state index contributed by atoms with van der Waals surface area (Å²) in [6.07, 6.45) is 1.05. The largest absolute Gasteiger partial charge is 0.305 e. The van der Waals surface area contributed by atoms with Crippen LogP contribution in [0.2, 0.25) is 5.02 Å². The summed E-state index contributed by atoms with van der Waals surface area (Å²) in [6.45, 7) is 3.04. The second-order valence-electron chi connectivity index (χ2n) is 4.45. The van der Waals surface area contributed by atoms with E-state index in [-0.39, 0.29) is 6.04 Å². The van der Waals surface area contributed by atoms with Crippen molar-refractivity contribution in [3.63, 3.8) is 0 Å². The predicted octanol–water partition coefficient (Wildman–Crippen LogP) is 4.08. The lowest BCUT2D eigenvalue weighted by Gasteiger charge is -2.20. The Morgan fingerprint density at radius 3 is 2.70 bits per heavy atom. The molecular formula is C13H15Br2ClN4. The molecular weight excluding hydrogens is 407 g/mol. The number of nitrogens with zero attached hydrogens (tertiary/aromatic N) is 3. The fraction of sp³-hybridized carbons (Fsp3) is 0.385. The van der Waals surface area contributed by atoms with Gasteiger partial charge < -0.3 is 5.32 Å². The molecule has 2 aromatic rings. The lowest BCUT2D eigenvalue weighted by molar-refractivity contribution is 0.549. The summed E-state index contributed by atoms with van der Waals surface area (Å²) in [5, 5.41) is 12.3. The predicted molar refractivity (Wildman–Crippen MR) is 88.0 cm³/mol. The van der Waals surface area contributed by atoms with Gasteiger partial charge in [-0.15, -0.1) is 5.10 Å². The molecule has 0 spiro atoms. The molecule has 0 aliphatic rings. The molecule has 7 heteroatoms. The summed E-state index contributed by atoms with van der Waals surface area (Å²) >= 11 is 13.0. The van der Waals surface area contributed by atoms with Crippen LogP contribution in [0.1, 0.15) is 30.6 Å². The maximum Gasteiger partial charge on any atom is 0.153 e. The minimum Gasteiger partial charge on any atom is -0.305 e. The smallest absolute Gasteiger partial charge is 0.153 e. The maximum absolute atomic E-state index is 6.07. The Morgan fingerprint density at radius 1 is 1.40 bits per heavy atom. The second kappa shape index (κ2) is 7.02. The van der Waals surface area contributed by atoms with Gasteiger partial charge in [0, 0.05) is 11.5 Å². The van der Waals surface area contributed by atoms with E-state index in [1.807, 2.05) is 25.2 Å². The van der Waals surface area contributed by atoms with Crippen LogP contribution in [0.5, 0.6) is 0 Å². The summed E-state index contributed by atoms with van der Waals surface area (Å²) in [5.74, 6) is 0. The highest BCUT2D eigenvalue weighted by Crippen LogP contribution is 2.31. The number of halogens is 3. The zero-order valence-corrected chi connectivity index (χ0v) is 15.1. The van der Waals surface area contributed by atoms with Gasteiger partial charge in [-0.05, 0) is 62.5 Å². The first-order valence-electron chi connectivity index (χ1n) is 6.28. The van der Waals surface area contributed by atoms with Crippen molar-refractivity contribution >= 4 is 43.5 Å². The zero-order chi connectivity index (χ0) is 14.7. The SMILES string of the molecule is CCCNC(c1ccc(Cl)c(Br)c1)c1c(Br)nnn1C. The van der Waals surface area contributed by atoms with Gasteiger partial charge in [0.1, 0.15) is 0 Å². The molecule has 1 N–H and O–H groups in total. The fourth-order valence-corrected chi connectivity index (χ4v) is 3.07. The van der Waals surface area contributed by atoms with Gasteiger partial charge in [0.2, 0.25) is 0 Å². The van der Waals surface area contributed by atoms with Crippen molar-refractivity contribution in [2.24, 2.45) is 7.05 Å². The second-order valence-corrected chi connectivity index (χ2v) is 6.46. The Balaban J connectivity index is 2.44. The van der Waals surface area contributed by atoms with Crippen molar-refractivity contribution in [1.82, 2.24) is 20.3 Å². The van der Waals surface area contributed by atoms with E-state index in [2.05, 4.69) is 54.4 Å². The third kappa shape index (κ3) is 3.42. The van der Waals surface area contributed by atoms with Crippen LogP contribution in [-0.2, 0) is 7.05 Å².